The van der Waals surface area contributed by atoms with Crippen molar-refractivity contribution < 1.29 is 4.79 Å². The quantitative estimate of drug-likeness (QED) is 0.689. The van der Waals surface area contributed by atoms with Gasteiger partial charge in [-0.3, -0.25) is 4.79 Å². The normalized spacial score (nSPS) is 12.6. The molecule has 3 aromatic rings. The number of amides is 1. The molecule has 0 aliphatic carbocycles. The molecule has 3 rings (SSSR count). The highest BCUT2D eigenvalue weighted by Gasteiger charge is 2.24. The van der Waals surface area contributed by atoms with Crippen molar-refractivity contribution in [1.29, 1.82) is 0 Å². The zero-order valence-electron chi connectivity index (χ0n) is 16.1. The van der Waals surface area contributed by atoms with E-state index in [1.807, 2.05) is 25.1 Å². The molecule has 0 saturated carbocycles. The second kappa shape index (κ2) is 7.96. The Morgan fingerprint density at radius 2 is 1.78 bits per heavy atom. The summed E-state index contributed by atoms with van der Waals surface area (Å²) in [5.41, 5.74) is 1.89. The molecule has 1 unspecified atom stereocenters. The average Bonchev–Trinajstić information content (AvgIpc) is 3.03. The van der Waals surface area contributed by atoms with Crippen LogP contribution in [0.25, 0.3) is 10.8 Å². The first-order valence-electron chi connectivity index (χ1n) is 8.94. The fourth-order valence-corrected chi connectivity index (χ4v) is 3.80. The van der Waals surface area contributed by atoms with Gasteiger partial charge in [-0.25, -0.2) is 15.0 Å². The number of hydrogen-bond donors (Lipinski definition) is 1. The Morgan fingerprint density at radius 1 is 1.11 bits per heavy atom. The first kappa shape index (κ1) is 19.2. The number of benzene rings is 1. The van der Waals surface area contributed by atoms with E-state index in [2.05, 4.69) is 53.2 Å². The number of carbonyl (C=O) groups is 1. The fourth-order valence-electron chi connectivity index (χ4n) is 2.89. The molecule has 27 heavy (non-hydrogen) atoms. The molecule has 1 aromatic carbocycles. The van der Waals surface area contributed by atoms with E-state index in [4.69, 9.17) is 0 Å². The highest BCUT2D eigenvalue weighted by Crippen LogP contribution is 2.31. The molecule has 0 bridgehead atoms. The smallest absolute Gasteiger partial charge is 0.263 e. The van der Waals surface area contributed by atoms with Crippen LogP contribution in [-0.2, 0) is 0 Å². The number of nitrogens with one attached hydrogen (secondary N) is 1. The van der Waals surface area contributed by atoms with Crippen molar-refractivity contribution in [3.05, 3.63) is 64.9 Å². The lowest BCUT2D eigenvalue weighted by Crippen LogP contribution is -2.31. The predicted molar refractivity (Wildman–Crippen MR) is 109 cm³/mol. The maximum atomic E-state index is 13.0. The van der Waals surface area contributed by atoms with Gasteiger partial charge in [-0.1, -0.05) is 51.1 Å². The standard InChI is InChI=1S/C21H24N4OS/c1-14-17(27-20(24-14)18-22-11-8-12-23-18)19(26)25-16(13-21(2,3)4)15-9-6-5-7-10-15/h5-12,16H,13H2,1-4H3,(H,25,26). The Kier molecular flexibility index (Phi) is 5.65. The Balaban J connectivity index is 1.85. The molecule has 0 aliphatic rings. The summed E-state index contributed by atoms with van der Waals surface area (Å²) >= 11 is 1.33. The molecule has 2 heterocycles. The largest absolute Gasteiger partial charge is 0.344 e. The first-order valence-corrected chi connectivity index (χ1v) is 9.76. The Bertz CT molecular complexity index is 901. The summed E-state index contributed by atoms with van der Waals surface area (Å²) in [7, 11) is 0. The summed E-state index contributed by atoms with van der Waals surface area (Å²) < 4.78 is 0. The molecule has 2 aromatic heterocycles. The van der Waals surface area contributed by atoms with Crippen LogP contribution in [0.1, 0.15) is 54.2 Å². The minimum absolute atomic E-state index is 0.0587. The van der Waals surface area contributed by atoms with Crippen molar-refractivity contribution in [3.63, 3.8) is 0 Å². The molecular weight excluding hydrogens is 356 g/mol. The molecule has 1 N–H and O–H groups in total. The summed E-state index contributed by atoms with van der Waals surface area (Å²) in [6, 6.07) is 11.8. The third kappa shape index (κ3) is 4.98. The van der Waals surface area contributed by atoms with Gasteiger partial charge in [0.25, 0.3) is 5.91 Å². The molecule has 1 amide bonds. The Hall–Kier alpha value is -2.60. The van der Waals surface area contributed by atoms with Crippen LogP contribution in [0.3, 0.4) is 0 Å². The van der Waals surface area contributed by atoms with E-state index in [1.165, 1.54) is 11.3 Å². The third-order valence-corrected chi connectivity index (χ3v) is 5.24. The molecule has 0 aliphatic heterocycles. The van der Waals surface area contributed by atoms with Crippen molar-refractivity contribution in [2.24, 2.45) is 5.41 Å². The lowest BCUT2D eigenvalue weighted by atomic mass is 9.85. The van der Waals surface area contributed by atoms with Crippen LogP contribution in [0.4, 0.5) is 0 Å². The molecule has 140 valence electrons. The van der Waals surface area contributed by atoms with E-state index in [1.54, 1.807) is 18.5 Å². The number of carbonyl (C=O) groups excluding carboxylic acids is 1. The van der Waals surface area contributed by atoms with Crippen molar-refractivity contribution in [1.82, 2.24) is 20.3 Å². The fraction of sp³-hybridized carbons (Fsp3) is 0.333. The summed E-state index contributed by atoms with van der Waals surface area (Å²) in [6.45, 7) is 8.38. The Labute approximate surface area is 163 Å². The summed E-state index contributed by atoms with van der Waals surface area (Å²) in [5, 5.41) is 3.86. The predicted octanol–water partition coefficient (Wildman–Crippen LogP) is 4.82. The van der Waals surface area contributed by atoms with Crippen LogP contribution in [0.2, 0.25) is 0 Å². The second-order valence-electron chi connectivity index (χ2n) is 7.71. The van der Waals surface area contributed by atoms with E-state index >= 15 is 0 Å². The van der Waals surface area contributed by atoms with E-state index in [9.17, 15) is 4.79 Å². The number of rotatable bonds is 5. The topological polar surface area (TPSA) is 67.8 Å². The molecule has 0 fully saturated rings. The molecule has 6 heteroatoms. The lowest BCUT2D eigenvalue weighted by molar-refractivity contribution is 0.0929. The molecule has 0 spiro atoms. The van der Waals surface area contributed by atoms with Gasteiger partial charge >= 0.3 is 0 Å². The highest BCUT2D eigenvalue weighted by atomic mass is 32.1. The van der Waals surface area contributed by atoms with Crippen LogP contribution >= 0.6 is 11.3 Å². The number of hydrogen-bond acceptors (Lipinski definition) is 5. The molecular formula is C21H24N4OS. The maximum Gasteiger partial charge on any atom is 0.263 e. The van der Waals surface area contributed by atoms with Crippen LogP contribution in [-0.4, -0.2) is 20.9 Å². The molecule has 1 atom stereocenters. The van der Waals surface area contributed by atoms with E-state index in [0.29, 0.717) is 21.4 Å². The summed E-state index contributed by atoms with van der Waals surface area (Å²) in [4.78, 5) is 26.5. The van der Waals surface area contributed by atoms with Gasteiger partial charge in [-0.15, -0.1) is 11.3 Å². The zero-order valence-corrected chi connectivity index (χ0v) is 16.9. The van der Waals surface area contributed by atoms with Gasteiger partial charge in [0.05, 0.1) is 11.7 Å². The van der Waals surface area contributed by atoms with Crippen molar-refractivity contribution in [2.45, 2.75) is 40.2 Å². The number of thiazole rings is 1. The van der Waals surface area contributed by atoms with Crippen LogP contribution in [0.5, 0.6) is 0 Å². The number of aromatic nitrogens is 3. The van der Waals surface area contributed by atoms with Gasteiger partial charge in [0.15, 0.2) is 10.8 Å². The third-order valence-electron chi connectivity index (χ3n) is 4.08. The maximum absolute atomic E-state index is 13.0. The van der Waals surface area contributed by atoms with Gasteiger partial charge in [0, 0.05) is 12.4 Å². The van der Waals surface area contributed by atoms with Gasteiger partial charge < -0.3 is 5.32 Å². The van der Waals surface area contributed by atoms with Crippen molar-refractivity contribution >= 4 is 17.2 Å². The molecule has 0 saturated heterocycles. The Morgan fingerprint density at radius 3 is 2.41 bits per heavy atom. The van der Waals surface area contributed by atoms with Gasteiger partial charge in [-0.05, 0) is 30.4 Å². The van der Waals surface area contributed by atoms with Gasteiger partial charge in [-0.2, -0.15) is 0 Å². The van der Waals surface area contributed by atoms with Crippen LogP contribution in [0.15, 0.2) is 48.8 Å². The van der Waals surface area contributed by atoms with Crippen LogP contribution < -0.4 is 5.32 Å². The monoisotopic (exact) mass is 380 g/mol. The average molecular weight is 381 g/mol. The number of nitrogens with zero attached hydrogens (tertiary/aromatic N) is 3. The van der Waals surface area contributed by atoms with Gasteiger partial charge in [0.2, 0.25) is 0 Å². The van der Waals surface area contributed by atoms with Crippen molar-refractivity contribution in [2.75, 3.05) is 0 Å². The van der Waals surface area contributed by atoms with Crippen molar-refractivity contribution in [3.8, 4) is 10.8 Å². The lowest BCUT2D eigenvalue weighted by Gasteiger charge is -2.27. The van der Waals surface area contributed by atoms with E-state index in [0.717, 1.165) is 12.0 Å². The zero-order chi connectivity index (χ0) is 19.4. The highest BCUT2D eigenvalue weighted by molar-refractivity contribution is 7.17. The van der Waals surface area contributed by atoms with Crippen LogP contribution in [0, 0.1) is 12.3 Å². The SMILES string of the molecule is Cc1nc(-c2ncccn2)sc1C(=O)NC(CC(C)(C)C)c1ccccc1. The van der Waals surface area contributed by atoms with E-state index in [-0.39, 0.29) is 17.4 Å². The van der Waals surface area contributed by atoms with E-state index < -0.39 is 0 Å². The minimum atomic E-state index is -0.106. The first-order chi connectivity index (χ1) is 12.8. The minimum Gasteiger partial charge on any atom is -0.344 e. The summed E-state index contributed by atoms with van der Waals surface area (Å²) in [6.07, 6.45) is 4.19. The second-order valence-corrected chi connectivity index (χ2v) is 8.71. The molecule has 5 nitrogen and oxygen atoms in total. The number of aryl methyl sites for hydroxylation is 1. The summed E-state index contributed by atoms with van der Waals surface area (Å²) in [5.74, 6) is 0.434. The molecule has 0 radical (unpaired) electrons. The van der Waals surface area contributed by atoms with Gasteiger partial charge in [0.1, 0.15) is 4.88 Å².